The molecule has 8 heteroatoms. The zero-order chi connectivity index (χ0) is 22.3. The summed E-state index contributed by atoms with van der Waals surface area (Å²) in [6.07, 6.45) is 0.969. The SMILES string of the molecule is CCCCC(OC(=O)c1cccc(NC(=O)C(C)(C)C)c1)C(=O)Nc1cc(C)on1. The van der Waals surface area contributed by atoms with Crippen LogP contribution in [0.15, 0.2) is 34.9 Å². The molecule has 0 radical (unpaired) electrons. The average Bonchev–Trinajstić information content (AvgIpc) is 3.08. The molecule has 0 spiro atoms. The number of rotatable bonds is 8. The maximum atomic E-state index is 12.7. The van der Waals surface area contributed by atoms with Crippen molar-refractivity contribution in [3.05, 3.63) is 41.7 Å². The number of unbranched alkanes of at least 4 members (excludes halogenated alkanes) is 1. The van der Waals surface area contributed by atoms with Crippen LogP contribution in [0.5, 0.6) is 0 Å². The molecule has 8 nitrogen and oxygen atoms in total. The number of aromatic nitrogens is 1. The van der Waals surface area contributed by atoms with Crippen molar-refractivity contribution in [3.63, 3.8) is 0 Å². The summed E-state index contributed by atoms with van der Waals surface area (Å²) in [5.74, 6) is -0.462. The average molecular weight is 415 g/mol. The van der Waals surface area contributed by atoms with Crippen LogP contribution in [0.3, 0.4) is 0 Å². The number of benzene rings is 1. The number of carbonyl (C=O) groups excluding carboxylic acids is 3. The highest BCUT2D eigenvalue weighted by Gasteiger charge is 2.25. The van der Waals surface area contributed by atoms with E-state index in [9.17, 15) is 14.4 Å². The van der Waals surface area contributed by atoms with Gasteiger partial charge in [0.15, 0.2) is 11.9 Å². The summed E-state index contributed by atoms with van der Waals surface area (Å²) in [6.45, 7) is 9.09. The summed E-state index contributed by atoms with van der Waals surface area (Å²) < 4.78 is 10.4. The molecule has 1 aromatic heterocycles. The number of nitrogens with one attached hydrogen (secondary N) is 2. The lowest BCUT2D eigenvalue weighted by Crippen LogP contribution is -2.32. The highest BCUT2D eigenvalue weighted by molar-refractivity contribution is 5.99. The van der Waals surface area contributed by atoms with Crippen LogP contribution in [0.1, 0.15) is 63.1 Å². The second-order valence-electron chi connectivity index (χ2n) is 8.13. The molecule has 0 aliphatic heterocycles. The number of esters is 1. The zero-order valence-electron chi connectivity index (χ0n) is 18.1. The molecule has 0 aliphatic carbocycles. The standard InChI is InChI=1S/C22H29N3O5/c1-6-7-11-17(19(26)24-18-12-14(2)30-25-18)29-20(27)15-9-8-10-16(13-15)23-21(28)22(3,4)5/h8-10,12-13,17H,6-7,11H2,1-5H3,(H,23,28)(H,24,25,26). The molecule has 2 N–H and O–H groups in total. The summed E-state index contributed by atoms with van der Waals surface area (Å²) in [4.78, 5) is 37.4. The van der Waals surface area contributed by atoms with E-state index in [-0.39, 0.29) is 17.3 Å². The van der Waals surface area contributed by atoms with E-state index >= 15 is 0 Å². The first-order valence-electron chi connectivity index (χ1n) is 9.97. The van der Waals surface area contributed by atoms with Gasteiger partial charge < -0.3 is 19.9 Å². The minimum absolute atomic E-state index is 0.170. The summed E-state index contributed by atoms with van der Waals surface area (Å²) in [5.41, 5.74) is 0.157. The van der Waals surface area contributed by atoms with Crippen LogP contribution < -0.4 is 10.6 Å². The van der Waals surface area contributed by atoms with E-state index in [1.165, 1.54) is 6.07 Å². The minimum atomic E-state index is -0.970. The van der Waals surface area contributed by atoms with Crippen LogP contribution in [0.4, 0.5) is 11.5 Å². The lowest BCUT2D eigenvalue weighted by molar-refractivity contribution is -0.125. The molecule has 2 aromatic rings. The van der Waals surface area contributed by atoms with E-state index in [1.54, 1.807) is 52.0 Å². The topological polar surface area (TPSA) is 111 Å². The number of anilines is 2. The molecule has 1 aromatic carbocycles. The molecule has 0 aliphatic rings. The van der Waals surface area contributed by atoms with Gasteiger partial charge in [0.25, 0.3) is 5.91 Å². The third-order valence-corrected chi connectivity index (χ3v) is 4.28. The Balaban J connectivity index is 2.10. The Morgan fingerprint density at radius 3 is 2.50 bits per heavy atom. The Morgan fingerprint density at radius 1 is 1.17 bits per heavy atom. The van der Waals surface area contributed by atoms with Crippen molar-refractivity contribution < 1.29 is 23.6 Å². The number of hydrogen-bond donors (Lipinski definition) is 2. The molecular weight excluding hydrogens is 386 g/mol. The molecule has 2 amide bonds. The molecule has 1 unspecified atom stereocenters. The molecule has 2 rings (SSSR count). The monoisotopic (exact) mass is 415 g/mol. The summed E-state index contributed by atoms with van der Waals surface area (Å²) in [6, 6.07) is 8.02. The third-order valence-electron chi connectivity index (χ3n) is 4.28. The van der Waals surface area contributed by atoms with E-state index in [2.05, 4.69) is 15.8 Å². The van der Waals surface area contributed by atoms with E-state index < -0.39 is 23.4 Å². The summed E-state index contributed by atoms with van der Waals surface area (Å²) in [5, 5.41) is 9.11. The molecule has 0 saturated heterocycles. The normalized spacial score (nSPS) is 12.2. The quantitative estimate of drug-likeness (QED) is 0.621. The number of aryl methyl sites for hydroxylation is 1. The molecular formula is C22H29N3O5. The Labute approximate surface area is 176 Å². The van der Waals surface area contributed by atoms with Gasteiger partial charge in [-0.05, 0) is 38.0 Å². The Kier molecular flexibility index (Phi) is 7.74. The first-order valence-corrected chi connectivity index (χ1v) is 9.97. The van der Waals surface area contributed by atoms with Gasteiger partial charge in [0.1, 0.15) is 5.76 Å². The predicted molar refractivity (Wildman–Crippen MR) is 113 cm³/mol. The van der Waals surface area contributed by atoms with Gasteiger partial charge in [-0.1, -0.05) is 45.3 Å². The van der Waals surface area contributed by atoms with Gasteiger partial charge in [-0.25, -0.2) is 4.79 Å². The molecule has 1 heterocycles. The largest absolute Gasteiger partial charge is 0.449 e. The predicted octanol–water partition coefficient (Wildman–Crippen LogP) is 4.32. The van der Waals surface area contributed by atoms with Gasteiger partial charge in [0, 0.05) is 17.2 Å². The van der Waals surface area contributed by atoms with E-state index in [0.717, 1.165) is 6.42 Å². The summed E-state index contributed by atoms with van der Waals surface area (Å²) in [7, 11) is 0. The van der Waals surface area contributed by atoms with E-state index in [4.69, 9.17) is 9.26 Å². The van der Waals surface area contributed by atoms with Crippen LogP contribution in [0, 0.1) is 12.3 Å². The van der Waals surface area contributed by atoms with Crippen molar-refractivity contribution in [1.29, 1.82) is 0 Å². The second-order valence-corrected chi connectivity index (χ2v) is 8.13. The number of ether oxygens (including phenoxy) is 1. The van der Waals surface area contributed by atoms with Gasteiger partial charge in [-0.15, -0.1) is 0 Å². The molecule has 0 fully saturated rings. The fraction of sp³-hybridized carbons (Fsp3) is 0.455. The molecule has 30 heavy (non-hydrogen) atoms. The first-order chi connectivity index (χ1) is 14.1. The highest BCUT2D eigenvalue weighted by atomic mass is 16.5. The first kappa shape index (κ1) is 23.1. The van der Waals surface area contributed by atoms with Gasteiger partial charge in [0.2, 0.25) is 5.91 Å². The Bertz CT molecular complexity index is 898. The number of nitrogens with zero attached hydrogens (tertiary/aromatic N) is 1. The van der Waals surface area contributed by atoms with Gasteiger partial charge in [0.05, 0.1) is 5.56 Å². The van der Waals surface area contributed by atoms with Crippen LogP contribution in [-0.2, 0) is 14.3 Å². The van der Waals surface area contributed by atoms with Gasteiger partial charge in [-0.2, -0.15) is 0 Å². The molecule has 1 atom stereocenters. The van der Waals surface area contributed by atoms with E-state index in [1.807, 2.05) is 6.92 Å². The van der Waals surface area contributed by atoms with Gasteiger partial charge >= 0.3 is 5.97 Å². The molecule has 0 saturated carbocycles. The highest BCUT2D eigenvalue weighted by Crippen LogP contribution is 2.19. The second kappa shape index (κ2) is 10.0. The van der Waals surface area contributed by atoms with Crippen molar-refractivity contribution in [2.75, 3.05) is 10.6 Å². The Hall–Kier alpha value is -3.16. The third kappa shape index (κ3) is 6.72. The number of amides is 2. The van der Waals surface area contributed by atoms with Crippen LogP contribution >= 0.6 is 0 Å². The van der Waals surface area contributed by atoms with Gasteiger partial charge in [-0.3, -0.25) is 9.59 Å². The lowest BCUT2D eigenvalue weighted by atomic mass is 9.95. The fourth-order valence-electron chi connectivity index (χ4n) is 2.50. The van der Waals surface area contributed by atoms with Crippen LogP contribution in [0.2, 0.25) is 0 Å². The van der Waals surface area contributed by atoms with E-state index in [0.29, 0.717) is 24.3 Å². The Morgan fingerprint density at radius 2 is 1.90 bits per heavy atom. The number of carbonyl (C=O) groups is 3. The van der Waals surface area contributed by atoms with Crippen molar-refractivity contribution in [2.24, 2.45) is 5.41 Å². The fourth-order valence-corrected chi connectivity index (χ4v) is 2.50. The van der Waals surface area contributed by atoms with Crippen molar-refractivity contribution >= 4 is 29.3 Å². The lowest BCUT2D eigenvalue weighted by Gasteiger charge is -2.19. The van der Waals surface area contributed by atoms with Crippen LogP contribution in [-0.4, -0.2) is 29.0 Å². The number of hydrogen-bond acceptors (Lipinski definition) is 6. The van der Waals surface area contributed by atoms with Crippen LogP contribution in [0.25, 0.3) is 0 Å². The minimum Gasteiger partial charge on any atom is -0.449 e. The van der Waals surface area contributed by atoms with Crippen molar-refractivity contribution in [1.82, 2.24) is 5.16 Å². The van der Waals surface area contributed by atoms with Crippen molar-refractivity contribution in [2.45, 2.75) is 60.0 Å². The van der Waals surface area contributed by atoms with Crippen molar-refractivity contribution in [3.8, 4) is 0 Å². The maximum Gasteiger partial charge on any atom is 0.338 e. The summed E-state index contributed by atoms with van der Waals surface area (Å²) >= 11 is 0. The smallest absolute Gasteiger partial charge is 0.338 e. The molecule has 162 valence electrons. The maximum absolute atomic E-state index is 12.7. The molecule has 0 bridgehead atoms. The zero-order valence-corrected chi connectivity index (χ0v) is 18.1.